The van der Waals surface area contributed by atoms with Gasteiger partial charge in [-0.2, -0.15) is 4.98 Å². The Balaban J connectivity index is 2.00. The summed E-state index contributed by atoms with van der Waals surface area (Å²) in [4.78, 5) is 13.3. The van der Waals surface area contributed by atoms with Gasteiger partial charge >= 0.3 is 0 Å². The molecule has 28 heavy (non-hydrogen) atoms. The van der Waals surface area contributed by atoms with Crippen LogP contribution >= 0.6 is 11.6 Å². The van der Waals surface area contributed by atoms with E-state index in [9.17, 15) is 10.2 Å². The number of hydrogen-bond donors (Lipinski definition) is 4. The van der Waals surface area contributed by atoms with E-state index < -0.39 is 0 Å². The van der Waals surface area contributed by atoms with Crippen molar-refractivity contribution in [2.45, 2.75) is 19.9 Å². The van der Waals surface area contributed by atoms with Crippen molar-refractivity contribution in [3.8, 4) is 17.1 Å². The largest absolute Gasteiger partial charge is 0.506 e. The Labute approximate surface area is 168 Å². The van der Waals surface area contributed by atoms with E-state index in [0.29, 0.717) is 33.9 Å². The Bertz CT molecular complexity index is 937. The molecule has 3 aromatic rings. The summed E-state index contributed by atoms with van der Waals surface area (Å²) in [7, 11) is 0. The normalized spacial score (nSPS) is 12.0. The molecule has 7 nitrogen and oxygen atoms in total. The molecule has 0 unspecified atom stereocenters. The molecule has 1 aromatic carbocycles. The lowest BCUT2D eigenvalue weighted by Crippen LogP contribution is -2.30. The number of benzene rings is 1. The number of nitrogens with one attached hydrogen (secondary N) is 2. The predicted molar refractivity (Wildman–Crippen MR) is 111 cm³/mol. The minimum absolute atomic E-state index is 0.0484. The highest BCUT2D eigenvalue weighted by molar-refractivity contribution is 6.31. The SMILES string of the molecule is CC(C)[C@@H](CO)Nc1nc(Nc2cc(Cl)ccc2O)cc(-c2ccccn2)n1. The first-order valence-corrected chi connectivity index (χ1v) is 9.27. The third-order valence-corrected chi connectivity index (χ3v) is 4.43. The second-order valence-corrected chi connectivity index (χ2v) is 7.08. The standard InChI is InChI=1S/C20H22ClN5O2/c1-12(2)17(11-27)25-20-24-15(14-5-3-4-8-22-14)10-19(26-20)23-16-9-13(21)6-7-18(16)28/h3-10,12,17,27-28H,11H2,1-2H3,(H2,23,24,25,26)/t17-/m1/s1. The lowest BCUT2D eigenvalue weighted by molar-refractivity contribution is 0.248. The number of rotatable bonds is 7. The third kappa shape index (κ3) is 4.88. The fourth-order valence-corrected chi connectivity index (χ4v) is 2.73. The number of aliphatic hydroxyl groups excluding tert-OH is 1. The van der Waals surface area contributed by atoms with Crippen LogP contribution in [0.5, 0.6) is 5.75 Å². The van der Waals surface area contributed by atoms with Crippen LogP contribution in [0.4, 0.5) is 17.5 Å². The van der Waals surface area contributed by atoms with E-state index in [4.69, 9.17) is 11.6 Å². The lowest BCUT2D eigenvalue weighted by Gasteiger charge is -2.20. The van der Waals surface area contributed by atoms with Gasteiger partial charge in [-0.1, -0.05) is 31.5 Å². The fraction of sp³-hybridized carbons (Fsp3) is 0.250. The number of aliphatic hydroxyl groups is 1. The van der Waals surface area contributed by atoms with Gasteiger partial charge in [0.15, 0.2) is 0 Å². The van der Waals surface area contributed by atoms with Crippen LogP contribution in [0.25, 0.3) is 11.4 Å². The molecule has 0 aliphatic rings. The number of aromatic nitrogens is 3. The number of halogens is 1. The summed E-state index contributed by atoms with van der Waals surface area (Å²) in [6.07, 6.45) is 1.69. The topological polar surface area (TPSA) is 103 Å². The number of phenols is 1. The van der Waals surface area contributed by atoms with E-state index in [1.807, 2.05) is 32.0 Å². The van der Waals surface area contributed by atoms with E-state index in [0.717, 1.165) is 0 Å². The Kier molecular flexibility index (Phi) is 6.28. The molecule has 0 amide bonds. The van der Waals surface area contributed by atoms with Gasteiger partial charge in [-0.05, 0) is 36.2 Å². The summed E-state index contributed by atoms with van der Waals surface area (Å²) in [5, 5.41) is 26.4. The van der Waals surface area contributed by atoms with Crippen LogP contribution in [-0.2, 0) is 0 Å². The number of aromatic hydroxyl groups is 1. The molecule has 0 aliphatic carbocycles. The molecule has 0 bridgehead atoms. The van der Waals surface area contributed by atoms with Crippen molar-refractivity contribution >= 4 is 29.1 Å². The molecule has 146 valence electrons. The number of anilines is 3. The van der Waals surface area contributed by atoms with Gasteiger partial charge in [0.2, 0.25) is 5.95 Å². The van der Waals surface area contributed by atoms with Gasteiger partial charge in [-0.3, -0.25) is 4.98 Å². The number of hydrogen-bond acceptors (Lipinski definition) is 7. The van der Waals surface area contributed by atoms with Crippen LogP contribution in [0, 0.1) is 5.92 Å². The summed E-state index contributed by atoms with van der Waals surface area (Å²) in [6, 6.07) is 11.8. The maximum Gasteiger partial charge on any atom is 0.225 e. The number of pyridine rings is 1. The summed E-state index contributed by atoms with van der Waals surface area (Å²) >= 11 is 6.03. The maximum absolute atomic E-state index is 10.1. The molecule has 8 heteroatoms. The van der Waals surface area contributed by atoms with Crippen molar-refractivity contribution in [3.05, 3.63) is 53.7 Å². The van der Waals surface area contributed by atoms with E-state index in [1.54, 1.807) is 24.4 Å². The molecular weight excluding hydrogens is 378 g/mol. The van der Waals surface area contributed by atoms with Gasteiger partial charge in [0, 0.05) is 17.3 Å². The van der Waals surface area contributed by atoms with Crippen molar-refractivity contribution in [1.29, 1.82) is 0 Å². The Morgan fingerprint density at radius 1 is 1.07 bits per heavy atom. The van der Waals surface area contributed by atoms with Crippen molar-refractivity contribution in [3.63, 3.8) is 0 Å². The number of phenolic OH excluding ortho intramolecular Hbond substituents is 1. The molecule has 0 spiro atoms. The minimum Gasteiger partial charge on any atom is -0.506 e. The molecular formula is C20H22ClN5O2. The lowest BCUT2D eigenvalue weighted by atomic mass is 10.1. The molecule has 0 saturated carbocycles. The third-order valence-electron chi connectivity index (χ3n) is 4.19. The average molecular weight is 400 g/mol. The van der Waals surface area contributed by atoms with Gasteiger partial charge in [0.25, 0.3) is 0 Å². The van der Waals surface area contributed by atoms with Crippen LogP contribution in [0.1, 0.15) is 13.8 Å². The van der Waals surface area contributed by atoms with Crippen LogP contribution in [0.15, 0.2) is 48.7 Å². The van der Waals surface area contributed by atoms with E-state index in [1.165, 1.54) is 6.07 Å². The molecule has 4 N–H and O–H groups in total. The predicted octanol–water partition coefficient (Wildman–Crippen LogP) is 4.07. The summed E-state index contributed by atoms with van der Waals surface area (Å²) in [6.45, 7) is 3.95. The Morgan fingerprint density at radius 2 is 1.89 bits per heavy atom. The van der Waals surface area contributed by atoms with Crippen LogP contribution in [0.2, 0.25) is 5.02 Å². The van der Waals surface area contributed by atoms with Crippen LogP contribution < -0.4 is 10.6 Å². The van der Waals surface area contributed by atoms with Gasteiger partial charge in [0.1, 0.15) is 11.6 Å². The molecule has 0 aliphatic heterocycles. The van der Waals surface area contributed by atoms with Crippen molar-refractivity contribution in [1.82, 2.24) is 15.0 Å². The van der Waals surface area contributed by atoms with Gasteiger partial charge in [-0.25, -0.2) is 4.98 Å². The molecule has 2 heterocycles. The quantitative estimate of drug-likeness (QED) is 0.444. The highest BCUT2D eigenvalue weighted by Crippen LogP contribution is 2.30. The van der Waals surface area contributed by atoms with Gasteiger partial charge in [0.05, 0.1) is 29.7 Å². The molecule has 2 aromatic heterocycles. The summed E-state index contributed by atoms with van der Waals surface area (Å²) in [5.41, 5.74) is 1.70. The highest BCUT2D eigenvalue weighted by Gasteiger charge is 2.16. The summed E-state index contributed by atoms with van der Waals surface area (Å²) < 4.78 is 0. The Hall–Kier alpha value is -2.90. The molecule has 0 saturated heterocycles. The van der Waals surface area contributed by atoms with E-state index in [2.05, 4.69) is 25.6 Å². The van der Waals surface area contributed by atoms with Crippen LogP contribution in [0.3, 0.4) is 0 Å². The first kappa shape index (κ1) is 19.9. The molecule has 1 atom stereocenters. The van der Waals surface area contributed by atoms with E-state index in [-0.39, 0.29) is 24.3 Å². The first-order valence-electron chi connectivity index (χ1n) is 8.89. The van der Waals surface area contributed by atoms with E-state index >= 15 is 0 Å². The average Bonchev–Trinajstić information content (AvgIpc) is 2.69. The first-order chi connectivity index (χ1) is 13.5. The smallest absolute Gasteiger partial charge is 0.225 e. The van der Waals surface area contributed by atoms with Crippen molar-refractivity contribution in [2.24, 2.45) is 5.92 Å². The van der Waals surface area contributed by atoms with Gasteiger partial charge < -0.3 is 20.8 Å². The molecule has 0 fully saturated rings. The maximum atomic E-state index is 10.1. The monoisotopic (exact) mass is 399 g/mol. The second kappa shape index (κ2) is 8.86. The Morgan fingerprint density at radius 3 is 2.57 bits per heavy atom. The molecule has 3 rings (SSSR count). The highest BCUT2D eigenvalue weighted by atomic mass is 35.5. The fourth-order valence-electron chi connectivity index (χ4n) is 2.56. The zero-order chi connectivity index (χ0) is 20.1. The minimum atomic E-state index is -0.202. The summed E-state index contributed by atoms with van der Waals surface area (Å²) in [5.74, 6) is 1.03. The van der Waals surface area contributed by atoms with Crippen molar-refractivity contribution in [2.75, 3.05) is 17.2 Å². The number of nitrogens with zero attached hydrogens (tertiary/aromatic N) is 3. The second-order valence-electron chi connectivity index (χ2n) is 6.64. The zero-order valence-electron chi connectivity index (χ0n) is 15.6. The van der Waals surface area contributed by atoms with Crippen LogP contribution in [-0.4, -0.2) is 37.8 Å². The zero-order valence-corrected chi connectivity index (χ0v) is 16.4. The van der Waals surface area contributed by atoms with Gasteiger partial charge in [-0.15, -0.1) is 0 Å². The van der Waals surface area contributed by atoms with Crippen molar-refractivity contribution < 1.29 is 10.2 Å². The molecule has 0 radical (unpaired) electrons.